The van der Waals surface area contributed by atoms with Crippen LogP contribution in [0.15, 0.2) is 0 Å². The third kappa shape index (κ3) is 7.76. The summed E-state index contributed by atoms with van der Waals surface area (Å²) in [5, 5.41) is 0.212. The van der Waals surface area contributed by atoms with Crippen molar-refractivity contribution in [3.05, 3.63) is 0 Å². The Morgan fingerprint density at radius 3 is 2.30 bits per heavy atom. The van der Waals surface area contributed by atoms with Gasteiger partial charge >= 0.3 is 58.7 Å². The zero-order chi connectivity index (χ0) is 14.0. The minimum absolute atomic E-state index is 0. The molecule has 0 N–H and O–H groups in total. The Morgan fingerprint density at radius 2 is 1.85 bits per heavy atom. The second-order valence-corrected chi connectivity index (χ2v) is 11.5. The first-order valence-corrected chi connectivity index (χ1v) is 9.71. The van der Waals surface area contributed by atoms with Crippen LogP contribution in [0.5, 0.6) is 0 Å². The van der Waals surface area contributed by atoms with Crippen molar-refractivity contribution < 1.29 is 69.1 Å². The van der Waals surface area contributed by atoms with Crippen LogP contribution in [0.4, 0.5) is 8.63 Å². The summed E-state index contributed by atoms with van der Waals surface area (Å²) in [6.07, 6.45) is 1.20. The van der Waals surface area contributed by atoms with Gasteiger partial charge in [0.2, 0.25) is 0 Å². The first-order valence-electron chi connectivity index (χ1n) is 6.80. The predicted molar refractivity (Wildman–Crippen MR) is 75.9 cm³/mol. The van der Waals surface area contributed by atoms with Crippen LogP contribution in [0.25, 0.3) is 0 Å². The van der Waals surface area contributed by atoms with E-state index in [0.29, 0.717) is 6.54 Å². The van der Waals surface area contributed by atoms with Crippen LogP contribution in [-0.4, -0.2) is 46.2 Å². The summed E-state index contributed by atoms with van der Waals surface area (Å²) in [7, 11) is -3.91. The van der Waals surface area contributed by atoms with Gasteiger partial charge in [-0.15, -0.1) is 0 Å². The van der Waals surface area contributed by atoms with Crippen molar-refractivity contribution in [1.29, 1.82) is 0 Å². The van der Waals surface area contributed by atoms with Gasteiger partial charge in [0.1, 0.15) is 0 Å². The monoisotopic (exact) mass is 335 g/mol. The van der Waals surface area contributed by atoms with Crippen molar-refractivity contribution in [2.45, 2.75) is 57.7 Å². The Balaban J connectivity index is 0. The molecule has 0 aliphatic carbocycles. The summed E-state index contributed by atoms with van der Waals surface area (Å²) < 4.78 is 30.6. The van der Waals surface area contributed by atoms with Gasteiger partial charge in [0.15, 0.2) is 8.32 Å². The average Bonchev–Trinajstić information content (AvgIpc) is 2.60. The average molecular weight is 335 g/mol. The minimum atomic E-state index is -2.19. The standard InChI is InChI=1S/C12H26BF2NOSi.FH.K/c1-12(2,3)18(4,5)17-11-6-8-16(10-11)9-7-13(14)15;;/h11H,6-10H2,1-5H3;1H;/q;;+1/p-1. The normalized spacial score (nSPS) is 20.2. The van der Waals surface area contributed by atoms with E-state index in [9.17, 15) is 8.63 Å². The van der Waals surface area contributed by atoms with Crippen molar-refractivity contribution in [2.75, 3.05) is 19.6 Å². The second-order valence-electron chi connectivity index (χ2n) is 6.77. The van der Waals surface area contributed by atoms with Gasteiger partial charge in [-0.2, -0.15) is 0 Å². The molecule has 8 heteroatoms. The van der Waals surface area contributed by atoms with E-state index in [2.05, 4.69) is 38.8 Å². The molecular formula is C12H26BF3KNOSi. The summed E-state index contributed by atoms with van der Waals surface area (Å²) in [6, 6.07) is 0. The van der Waals surface area contributed by atoms with Gasteiger partial charge in [0.25, 0.3) is 0 Å². The van der Waals surface area contributed by atoms with E-state index in [0.717, 1.165) is 19.5 Å². The quantitative estimate of drug-likeness (QED) is 0.516. The summed E-state index contributed by atoms with van der Waals surface area (Å²) in [5.41, 5.74) is 0. The van der Waals surface area contributed by atoms with Gasteiger partial charge in [-0.05, 0) is 31.1 Å². The molecular weight excluding hydrogens is 309 g/mol. The molecule has 1 atom stereocenters. The smallest absolute Gasteiger partial charge is 1.00 e. The SMILES string of the molecule is CC(C)(C)[Si](C)(C)OC1CCN(CCB(F)F)C1.[F-].[K+]. The number of hydrogen-bond donors (Lipinski definition) is 0. The van der Waals surface area contributed by atoms with E-state index in [1.165, 1.54) is 0 Å². The fraction of sp³-hybridized carbons (Fsp3) is 1.00. The van der Waals surface area contributed by atoms with Crippen molar-refractivity contribution >= 4 is 15.6 Å². The number of rotatable bonds is 5. The van der Waals surface area contributed by atoms with Crippen LogP contribution in [-0.2, 0) is 4.43 Å². The number of nitrogens with zero attached hydrogens (tertiary/aromatic N) is 1. The molecule has 0 radical (unpaired) electrons. The van der Waals surface area contributed by atoms with Crippen LogP contribution in [0, 0.1) is 0 Å². The third-order valence-electron chi connectivity index (χ3n) is 4.16. The Morgan fingerprint density at radius 1 is 1.30 bits per heavy atom. The van der Waals surface area contributed by atoms with Gasteiger partial charge in [-0.25, -0.2) is 0 Å². The Labute approximate surface area is 165 Å². The van der Waals surface area contributed by atoms with Crippen molar-refractivity contribution in [2.24, 2.45) is 0 Å². The van der Waals surface area contributed by atoms with Gasteiger partial charge in [-0.1, -0.05) is 20.8 Å². The maximum Gasteiger partial charge on any atom is 1.00 e. The number of hydrogen-bond acceptors (Lipinski definition) is 2. The molecule has 1 saturated heterocycles. The van der Waals surface area contributed by atoms with Crippen LogP contribution in [0.1, 0.15) is 27.2 Å². The van der Waals surface area contributed by atoms with Crippen LogP contribution < -0.4 is 56.1 Å². The first kappa shape index (κ1) is 23.9. The third-order valence-corrected chi connectivity index (χ3v) is 8.70. The molecule has 2 nitrogen and oxygen atoms in total. The van der Waals surface area contributed by atoms with Crippen LogP contribution in [0.3, 0.4) is 0 Å². The zero-order valence-corrected chi connectivity index (χ0v) is 17.8. The molecule has 1 heterocycles. The second kappa shape index (κ2) is 9.70. The molecule has 0 bridgehead atoms. The van der Waals surface area contributed by atoms with Gasteiger partial charge < -0.3 is 14.0 Å². The van der Waals surface area contributed by atoms with Gasteiger partial charge in [-0.3, -0.25) is 8.63 Å². The van der Waals surface area contributed by atoms with Gasteiger partial charge in [0, 0.05) is 19.4 Å². The molecule has 1 rings (SSSR count). The Bertz CT molecular complexity index is 280. The molecule has 1 unspecified atom stereocenters. The molecule has 114 valence electrons. The molecule has 0 saturated carbocycles. The molecule has 0 aromatic carbocycles. The fourth-order valence-electron chi connectivity index (χ4n) is 1.97. The summed E-state index contributed by atoms with van der Waals surface area (Å²) in [5.74, 6) is 0. The molecule has 20 heavy (non-hydrogen) atoms. The maximum atomic E-state index is 12.2. The molecule has 0 aromatic heterocycles. The minimum Gasteiger partial charge on any atom is -1.00 e. The first-order chi connectivity index (χ1) is 8.12. The van der Waals surface area contributed by atoms with Crippen molar-refractivity contribution in [3.8, 4) is 0 Å². The van der Waals surface area contributed by atoms with Crippen LogP contribution >= 0.6 is 0 Å². The van der Waals surface area contributed by atoms with E-state index in [1.807, 2.05) is 0 Å². The largest absolute Gasteiger partial charge is 1.00 e. The predicted octanol–water partition coefficient (Wildman–Crippen LogP) is -2.48. The number of likely N-dealkylation sites (tertiary alicyclic amines) is 1. The van der Waals surface area contributed by atoms with Crippen LogP contribution in [0.2, 0.25) is 24.5 Å². The maximum absolute atomic E-state index is 12.2. The summed E-state index contributed by atoms with van der Waals surface area (Å²) in [4.78, 5) is 2.10. The molecule has 0 spiro atoms. The zero-order valence-electron chi connectivity index (χ0n) is 13.7. The fourth-order valence-corrected chi connectivity index (χ4v) is 3.35. The molecule has 1 aliphatic heterocycles. The molecule has 1 aliphatic rings. The summed E-state index contributed by atoms with van der Waals surface area (Å²) >= 11 is 0. The van der Waals surface area contributed by atoms with Gasteiger partial charge in [0.05, 0.1) is 6.10 Å². The molecule has 1 fully saturated rings. The van der Waals surface area contributed by atoms with E-state index >= 15 is 0 Å². The molecule has 0 amide bonds. The Kier molecular flexibility index (Phi) is 11.6. The topological polar surface area (TPSA) is 12.5 Å². The van der Waals surface area contributed by atoms with E-state index < -0.39 is 15.6 Å². The number of halogens is 3. The van der Waals surface area contributed by atoms with Crippen molar-refractivity contribution in [3.63, 3.8) is 0 Å². The summed E-state index contributed by atoms with van der Waals surface area (Å²) in [6.45, 7) is 13.4. The van der Waals surface area contributed by atoms with E-state index in [4.69, 9.17) is 4.43 Å². The van der Waals surface area contributed by atoms with E-state index in [1.54, 1.807) is 0 Å². The Hall–Kier alpha value is 1.63. The molecule has 0 aromatic rings. The van der Waals surface area contributed by atoms with E-state index in [-0.39, 0.29) is 73.6 Å². The van der Waals surface area contributed by atoms with Crippen molar-refractivity contribution in [1.82, 2.24) is 4.90 Å².